The Morgan fingerprint density at radius 3 is 2.48 bits per heavy atom. The number of pyridine rings is 1. The van der Waals surface area contributed by atoms with Crippen molar-refractivity contribution < 1.29 is 0 Å². The molecule has 0 unspecified atom stereocenters. The second-order valence-corrected chi connectivity index (χ2v) is 5.85. The van der Waals surface area contributed by atoms with E-state index in [0.29, 0.717) is 0 Å². The van der Waals surface area contributed by atoms with Gasteiger partial charge in [-0.2, -0.15) is 0 Å². The van der Waals surface area contributed by atoms with Gasteiger partial charge in [0.05, 0.1) is 0 Å². The SMILES string of the molecule is Clc1cccc(N2CCN(CCc3ccncc3)CC2)c1. The fourth-order valence-electron chi connectivity index (χ4n) is 2.74. The lowest BCUT2D eigenvalue weighted by molar-refractivity contribution is 0.261. The highest BCUT2D eigenvalue weighted by Crippen LogP contribution is 2.20. The fraction of sp³-hybridized carbons (Fsp3) is 0.353. The van der Waals surface area contributed by atoms with E-state index in [1.165, 1.54) is 11.3 Å². The molecule has 1 aromatic carbocycles. The molecule has 2 heterocycles. The van der Waals surface area contributed by atoms with Crippen LogP contribution in [0, 0.1) is 0 Å². The molecular weight excluding hydrogens is 282 g/mol. The third kappa shape index (κ3) is 3.96. The summed E-state index contributed by atoms with van der Waals surface area (Å²) in [6.07, 6.45) is 4.83. The molecule has 0 spiro atoms. The van der Waals surface area contributed by atoms with Crippen LogP contribution in [-0.4, -0.2) is 42.6 Å². The molecule has 21 heavy (non-hydrogen) atoms. The largest absolute Gasteiger partial charge is 0.369 e. The second-order valence-electron chi connectivity index (χ2n) is 5.41. The van der Waals surface area contributed by atoms with Gasteiger partial charge in [0, 0.05) is 55.8 Å². The van der Waals surface area contributed by atoms with Crippen LogP contribution in [0.2, 0.25) is 5.02 Å². The van der Waals surface area contributed by atoms with Gasteiger partial charge in [-0.1, -0.05) is 17.7 Å². The van der Waals surface area contributed by atoms with E-state index >= 15 is 0 Å². The predicted molar refractivity (Wildman–Crippen MR) is 88.0 cm³/mol. The number of hydrogen-bond donors (Lipinski definition) is 0. The topological polar surface area (TPSA) is 19.4 Å². The molecule has 0 amide bonds. The second kappa shape index (κ2) is 6.92. The van der Waals surface area contributed by atoms with Crippen molar-refractivity contribution in [2.45, 2.75) is 6.42 Å². The molecule has 0 N–H and O–H groups in total. The number of hydrogen-bond acceptors (Lipinski definition) is 3. The van der Waals surface area contributed by atoms with E-state index in [1.807, 2.05) is 30.6 Å². The van der Waals surface area contributed by atoms with Crippen molar-refractivity contribution in [2.24, 2.45) is 0 Å². The highest BCUT2D eigenvalue weighted by atomic mass is 35.5. The van der Waals surface area contributed by atoms with Gasteiger partial charge in [-0.15, -0.1) is 0 Å². The van der Waals surface area contributed by atoms with Crippen molar-refractivity contribution in [3.63, 3.8) is 0 Å². The van der Waals surface area contributed by atoms with E-state index in [2.05, 4.69) is 33.0 Å². The minimum Gasteiger partial charge on any atom is -0.369 e. The Labute approximate surface area is 131 Å². The lowest BCUT2D eigenvalue weighted by Crippen LogP contribution is -2.47. The number of aromatic nitrogens is 1. The first-order valence-corrected chi connectivity index (χ1v) is 7.81. The van der Waals surface area contributed by atoms with Crippen LogP contribution in [0.25, 0.3) is 0 Å². The number of halogens is 1. The van der Waals surface area contributed by atoms with Gasteiger partial charge in [0.1, 0.15) is 0 Å². The zero-order chi connectivity index (χ0) is 14.5. The molecular formula is C17H20ClN3. The van der Waals surface area contributed by atoms with Crippen molar-refractivity contribution >= 4 is 17.3 Å². The zero-order valence-electron chi connectivity index (χ0n) is 12.1. The molecule has 0 radical (unpaired) electrons. The summed E-state index contributed by atoms with van der Waals surface area (Å²) in [5.41, 5.74) is 2.60. The van der Waals surface area contributed by atoms with Crippen LogP contribution in [0.4, 0.5) is 5.69 Å². The Morgan fingerprint density at radius 1 is 1.00 bits per heavy atom. The Hall–Kier alpha value is -1.58. The van der Waals surface area contributed by atoms with Crippen LogP contribution in [0.1, 0.15) is 5.56 Å². The van der Waals surface area contributed by atoms with Gasteiger partial charge in [-0.05, 0) is 42.3 Å². The summed E-state index contributed by atoms with van der Waals surface area (Å²) in [5, 5.41) is 0.813. The van der Waals surface area contributed by atoms with Crippen molar-refractivity contribution in [1.82, 2.24) is 9.88 Å². The Kier molecular flexibility index (Phi) is 4.73. The van der Waals surface area contributed by atoms with Crippen LogP contribution < -0.4 is 4.90 Å². The summed E-state index contributed by atoms with van der Waals surface area (Å²) in [4.78, 5) is 9.00. The molecule has 1 aromatic heterocycles. The van der Waals surface area contributed by atoms with E-state index in [0.717, 1.165) is 44.2 Å². The summed E-state index contributed by atoms with van der Waals surface area (Å²) in [7, 11) is 0. The van der Waals surface area contributed by atoms with E-state index in [-0.39, 0.29) is 0 Å². The maximum absolute atomic E-state index is 6.07. The van der Waals surface area contributed by atoms with Crippen LogP contribution in [0.15, 0.2) is 48.8 Å². The van der Waals surface area contributed by atoms with Gasteiger partial charge in [-0.3, -0.25) is 9.88 Å². The van der Waals surface area contributed by atoms with E-state index in [1.54, 1.807) is 0 Å². The van der Waals surface area contributed by atoms with Gasteiger partial charge in [0.15, 0.2) is 0 Å². The quantitative estimate of drug-likeness (QED) is 0.865. The summed E-state index contributed by atoms with van der Waals surface area (Å²) >= 11 is 6.07. The lowest BCUT2D eigenvalue weighted by Gasteiger charge is -2.36. The standard InChI is InChI=1S/C17H20ClN3/c18-16-2-1-3-17(14-16)21-12-10-20(11-13-21)9-6-15-4-7-19-8-5-15/h1-5,7-8,14H,6,9-13H2. The Morgan fingerprint density at radius 2 is 1.76 bits per heavy atom. The zero-order valence-corrected chi connectivity index (χ0v) is 12.8. The monoisotopic (exact) mass is 301 g/mol. The van der Waals surface area contributed by atoms with Crippen molar-refractivity contribution in [3.8, 4) is 0 Å². The molecule has 1 aliphatic rings. The normalized spacial score (nSPS) is 16.1. The number of piperazine rings is 1. The first kappa shape index (κ1) is 14.4. The first-order chi connectivity index (χ1) is 10.3. The van der Waals surface area contributed by atoms with Gasteiger partial charge >= 0.3 is 0 Å². The van der Waals surface area contributed by atoms with Gasteiger partial charge in [0.25, 0.3) is 0 Å². The molecule has 0 saturated carbocycles. The van der Waals surface area contributed by atoms with Crippen molar-refractivity contribution in [1.29, 1.82) is 0 Å². The minimum atomic E-state index is 0.813. The first-order valence-electron chi connectivity index (χ1n) is 7.43. The van der Waals surface area contributed by atoms with Gasteiger partial charge in [0.2, 0.25) is 0 Å². The maximum atomic E-state index is 6.07. The fourth-order valence-corrected chi connectivity index (χ4v) is 2.92. The summed E-state index contributed by atoms with van der Waals surface area (Å²) in [5.74, 6) is 0. The summed E-state index contributed by atoms with van der Waals surface area (Å²) < 4.78 is 0. The Balaban J connectivity index is 1.49. The van der Waals surface area contributed by atoms with Crippen molar-refractivity contribution in [2.75, 3.05) is 37.6 Å². The lowest BCUT2D eigenvalue weighted by atomic mass is 10.2. The summed E-state index contributed by atoms with van der Waals surface area (Å²) in [6.45, 7) is 5.47. The maximum Gasteiger partial charge on any atom is 0.0426 e. The van der Waals surface area contributed by atoms with Gasteiger partial charge < -0.3 is 4.90 Å². The molecule has 0 atom stereocenters. The number of rotatable bonds is 4. The highest BCUT2D eigenvalue weighted by molar-refractivity contribution is 6.30. The molecule has 0 bridgehead atoms. The molecule has 1 fully saturated rings. The van der Waals surface area contributed by atoms with E-state index in [4.69, 9.17) is 11.6 Å². The third-order valence-electron chi connectivity index (χ3n) is 4.01. The number of nitrogens with zero attached hydrogens (tertiary/aromatic N) is 3. The molecule has 1 aliphatic heterocycles. The number of anilines is 1. The average Bonchev–Trinajstić information content (AvgIpc) is 2.54. The molecule has 3 rings (SSSR count). The minimum absolute atomic E-state index is 0.813. The van der Waals surface area contributed by atoms with Crippen LogP contribution >= 0.6 is 11.6 Å². The van der Waals surface area contributed by atoms with Crippen LogP contribution in [0.3, 0.4) is 0 Å². The van der Waals surface area contributed by atoms with E-state index < -0.39 is 0 Å². The molecule has 4 heteroatoms. The molecule has 110 valence electrons. The van der Waals surface area contributed by atoms with Crippen molar-refractivity contribution in [3.05, 3.63) is 59.4 Å². The molecule has 3 nitrogen and oxygen atoms in total. The van der Waals surface area contributed by atoms with Crippen LogP contribution in [0.5, 0.6) is 0 Å². The van der Waals surface area contributed by atoms with Gasteiger partial charge in [-0.25, -0.2) is 0 Å². The number of benzene rings is 1. The molecule has 1 saturated heterocycles. The van der Waals surface area contributed by atoms with Crippen LogP contribution in [-0.2, 0) is 6.42 Å². The average molecular weight is 302 g/mol. The predicted octanol–water partition coefficient (Wildman–Crippen LogP) is 3.10. The third-order valence-corrected chi connectivity index (χ3v) is 4.25. The van der Waals surface area contributed by atoms with E-state index in [9.17, 15) is 0 Å². The smallest absolute Gasteiger partial charge is 0.0426 e. The molecule has 0 aliphatic carbocycles. The highest BCUT2D eigenvalue weighted by Gasteiger charge is 2.16. The summed E-state index contributed by atoms with van der Waals surface area (Å²) in [6, 6.07) is 12.3. The molecule has 2 aromatic rings. The Bertz CT molecular complexity index is 565.